The topological polar surface area (TPSA) is 86.2 Å². The summed E-state index contributed by atoms with van der Waals surface area (Å²) >= 11 is 3.34. The number of aromatic nitrogens is 1. The first-order valence-electron chi connectivity index (χ1n) is 5.50. The van der Waals surface area contributed by atoms with Gasteiger partial charge in [-0.15, -0.1) is 0 Å². The molecule has 1 aromatic carbocycles. The molecular formula is C12H13BrN2O3S. The van der Waals surface area contributed by atoms with Gasteiger partial charge >= 0.3 is 0 Å². The molecule has 0 aliphatic carbocycles. The summed E-state index contributed by atoms with van der Waals surface area (Å²) in [4.78, 5) is 0. The number of rotatable bonds is 3. The molecule has 1 heterocycles. The molecule has 0 saturated carbocycles. The lowest BCUT2D eigenvalue weighted by Crippen LogP contribution is -2.08. The first kappa shape index (κ1) is 14.1. The molecule has 2 aromatic rings. The van der Waals surface area contributed by atoms with E-state index >= 15 is 0 Å². The van der Waals surface area contributed by atoms with Crippen LogP contribution in [-0.4, -0.2) is 19.8 Å². The smallest absolute Gasteiger partial charge is 0.175 e. The van der Waals surface area contributed by atoms with Gasteiger partial charge in [0.15, 0.2) is 21.4 Å². The van der Waals surface area contributed by atoms with Crippen molar-refractivity contribution in [2.45, 2.75) is 12.2 Å². The highest BCUT2D eigenvalue weighted by atomic mass is 79.9. The van der Waals surface area contributed by atoms with Crippen molar-refractivity contribution in [3.63, 3.8) is 0 Å². The third kappa shape index (κ3) is 2.82. The van der Waals surface area contributed by atoms with Crippen LogP contribution in [0, 0.1) is 0 Å². The third-order valence-corrected chi connectivity index (χ3v) is 4.92. The summed E-state index contributed by atoms with van der Waals surface area (Å²) in [6, 6.07) is 7.34. The van der Waals surface area contributed by atoms with Gasteiger partial charge in [-0.3, -0.25) is 0 Å². The Hall–Kier alpha value is -1.34. The van der Waals surface area contributed by atoms with Crippen LogP contribution in [0.2, 0.25) is 0 Å². The summed E-state index contributed by atoms with van der Waals surface area (Å²) in [5, 5.41) is 2.88. The van der Waals surface area contributed by atoms with Crippen molar-refractivity contribution in [3.8, 4) is 11.1 Å². The Kier molecular flexibility index (Phi) is 3.69. The molecule has 0 bridgehead atoms. The van der Waals surface area contributed by atoms with Crippen LogP contribution in [0.15, 0.2) is 33.3 Å². The van der Waals surface area contributed by atoms with Crippen molar-refractivity contribution < 1.29 is 12.9 Å². The summed E-state index contributed by atoms with van der Waals surface area (Å²) < 4.78 is 29.3. The minimum Gasteiger partial charge on any atom is -0.380 e. The highest BCUT2D eigenvalue weighted by molar-refractivity contribution is 9.10. The number of sulfone groups is 1. The van der Waals surface area contributed by atoms with Gasteiger partial charge in [0.2, 0.25) is 0 Å². The number of halogens is 1. The minimum absolute atomic E-state index is 0.188. The lowest BCUT2D eigenvalue weighted by atomic mass is 10.0. The van der Waals surface area contributed by atoms with Crippen LogP contribution >= 0.6 is 15.9 Å². The molecule has 1 atom stereocenters. The maximum atomic E-state index is 11.6. The Labute approximate surface area is 119 Å². The van der Waals surface area contributed by atoms with E-state index in [0.717, 1.165) is 16.3 Å². The lowest BCUT2D eigenvalue weighted by molar-refractivity contribution is 0.385. The standard InChI is InChI=1S/C12H13BrN2O3S/c1-7(19(2,16)17)11-10(12(14)15-18-11)8-3-5-9(13)6-4-8/h3-7H,1-2H3,(H2,14,15). The van der Waals surface area contributed by atoms with Crippen molar-refractivity contribution in [1.82, 2.24) is 5.16 Å². The van der Waals surface area contributed by atoms with E-state index < -0.39 is 15.1 Å². The van der Waals surface area contributed by atoms with Crippen LogP contribution in [0.3, 0.4) is 0 Å². The molecule has 2 N–H and O–H groups in total. The van der Waals surface area contributed by atoms with E-state index in [1.807, 2.05) is 24.3 Å². The number of hydrogen-bond acceptors (Lipinski definition) is 5. The number of nitrogens with two attached hydrogens (primary N) is 1. The van der Waals surface area contributed by atoms with E-state index in [1.54, 1.807) is 6.92 Å². The molecule has 5 nitrogen and oxygen atoms in total. The fraction of sp³-hybridized carbons (Fsp3) is 0.250. The van der Waals surface area contributed by atoms with Crippen molar-refractivity contribution in [1.29, 1.82) is 0 Å². The van der Waals surface area contributed by atoms with Gasteiger partial charge in [0.05, 0.1) is 5.56 Å². The second kappa shape index (κ2) is 4.97. The normalized spacial score (nSPS) is 13.4. The van der Waals surface area contributed by atoms with E-state index in [0.29, 0.717) is 5.56 Å². The largest absolute Gasteiger partial charge is 0.380 e. The van der Waals surface area contributed by atoms with Gasteiger partial charge in [-0.25, -0.2) is 8.42 Å². The number of benzene rings is 1. The second-order valence-corrected chi connectivity index (χ2v) is 7.57. The molecule has 0 radical (unpaired) electrons. The molecule has 0 spiro atoms. The Morgan fingerprint density at radius 3 is 2.42 bits per heavy atom. The number of hydrogen-bond donors (Lipinski definition) is 1. The number of nitrogens with zero attached hydrogens (tertiary/aromatic N) is 1. The van der Waals surface area contributed by atoms with E-state index in [-0.39, 0.29) is 11.6 Å². The number of nitrogen functional groups attached to an aromatic ring is 1. The van der Waals surface area contributed by atoms with Crippen LogP contribution < -0.4 is 5.73 Å². The Balaban J connectivity index is 2.58. The molecule has 7 heteroatoms. The predicted octanol–water partition coefficient (Wildman–Crippen LogP) is 2.79. The van der Waals surface area contributed by atoms with E-state index in [4.69, 9.17) is 10.3 Å². The van der Waals surface area contributed by atoms with Crippen LogP contribution in [-0.2, 0) is 9.84 Å². The van der Waals surface area contributed by atoms with Crippen LogP contribution in [0.4, 0.5) is 5.82 Å². The van der Waals surface area contributed by atoms with Gasteiger partial charge in [-0.05, 0) is 24.6 Å². The van der Waals surface area contributed by atoms with Crippen LogP contribution in [0.5, 0.6) is 0 Å². The van der Waals surface area contributed by atoms with Crippen LogP contribution in [0.1, 0.15) is 17.9 Å². The van der Waals surface area contributed by atoms with Gasteiger partial charge in [0, 0.05) is 10.7 Å². The third-order valence-electron chi connectivity index (χ3n) is 2.89. The highest BCUT2D eigenvalue weighted by Crippen LogP contribution is 2.36. The maximum Gasteiger partial charge on any atom is 0.175 e. The molecule has 0 fully saturated rings. The summed E-state index contributed by atoms with van der Waals surface area (Å²) in [5.74, 6) is 0.454. The van der Waals surface area contributed by atoms with Gasteiger partial charge in [-0.1, -0.05) is 33.2 Å². The highest BCUT2D eigenvalue weighted by Gasteiger charge is 2.27. The zero-order chi connectivity index (χ0) is 14.2. The van der Waals surface area contributed by atoms with E-state index in [1.165, 1.54) is 0 Å². The molecule has 19 heavy (non-hydrogen) atoms. The van der Waals surface area contributed by atoms with E-state index in [9.17, 15) is 8.42 Å². The molecular weight excluding hydrogens is 332 g/mol. The Morgan fingerprint density at radius 2 is 1.89 bits per heavy atom. The van der Waals surface area contributed by atoms with E-state index in [2.05, 4.69) is 21.1 Å². The van der Waals surface area contributed by atoms with Crippen molar-refractivity contribution in [3.05, 3.63) is 34.5 Å². The predicted molar refractivity (Wildman–Crippen MR) is 77.3 cm³/mol. The Morgan fingerprint density at radius 1 is 1.32 bits per heavy atom. The fourth-order valence-corrected chi connectivity index (χ4v) is 2.51. The zero-order valence-corrected chi connectivity index (χ0v) is 12.8. The molecule has 1 unspecified atom stereocenters. The summed E-state index contributed by atoms with van der Waals surface area (Å²) in [6.07, 6.45) is 1.15. The minimum atomic E-state index is -3.28. The van der Waals surface area contributed by atoms with Gasteiger partial charge < -0.3 is 10.3 Å². The lowest BCUT2D eigenvalue weighted by Gasteiger charge is -2.08. The summed E-state index contributed by atoms with van der Waals surface area (Å²) in [7, 11) is -3.28. The SMILES string of the molecule is CC(c1onc(N)c1-c1ccc(Br)cc1)S(C)(=O)=O. The summed E-state index contributed by atoms with van der Waals surface area (Å²) in [6.45, 7) is 1.55. The molecule has 1 aromatic heterocycles. The molecule has 0 amide bonds. The monoisotopic (exact) mass is 344 g/mol. The zero-order valence-electron chi connectivity index (χ0n) is 10.4. The second-order valence-electron chi connectivity index (χ2n) is 4.29. The molecule has 0 aliphatic heterocycles. The van der Waals surface area contributed by atoms with Crippen molar-refractivity contribution in [2.24, 2.45) is 0 Å². The van der Waals surface area contributed by atoms with Crippen molar-refractivity contribution >= 4 is 31.6 Å². The van der Waals surface area contributed by atoms with Crippen LogP contribution in [0.25, 0.3) is 11.1 Å². The molecule has 2 rings (SSSR count). The fourth-order valence-electron chi connectivity index (χ4n) is 1.69. The summed E-state index contributed by atoms with van der Waals surface area (Å²) in [5.41, 5.74) is 7.08. The average molecular weight is 345 g/mol. The van der Waals surface area contributed by atoms with Gasteiger partial charge in [-0.2, -0.15) is 0 Å². The first-order valence-corrected chi connectivity index (χ1v) is 8.25. The quantitative estimate of drug-likeness (QED) is 0.924. The van der Waals surface area contributed by atoms with Gasteiger partial charge in [0.1, 0.15) is 5.25 Å². The first-order chi connectivity index (χ1) is 8.80. The number of anilines is 1. The van der Waals surface area contributed by atoms with Crippen molar-refractivity contribution in [2.75, 3.05) is 12.0 Å². The molecule has 0 saturated heterocycles. The molecule has 102 valence electrons. The molecule has 0 aliphatic rings. The van der Waals surface area contributed by atoms with Gasteiger partial charge in [0.25, 0.3) is 0 Å². The average Bonchev–Trinajstić information content (AvgIpc) is 2.70. The maximum absolute atomic E-state index is 11.6. The Bertz CT molecular complexity index is 692.